The molecule has 2 atom stereocenters. The minimum absolute atomic E-state index is 0.0797. The third-order valence-corrected chi connectivity index (χ3v) is 5.83. The fraction of sp³-hybridized carbons (Fsp3) is 0.375. The zero-order valence-electron chi connectivity index (χ0n) is 19.2. The topological polar surface area (TPSA) is 91.6 Å². The van der Waals surface area contributed by atoms with Crippen LogP contribution in [0.3, 0.4) is 0 Å². The van der Waals surface area contributed by atoms with Gasteiger partial charge in [0.05, 0.1) is 6.33 Å². The summed E-state index contributed by atoms with van der Waals surface area (Å²) in [5.74, 6) is 1.98. The van der Waals surface area contributed by atoms with Gasteiger partial charge >= 0.3 is 0 Å². The minimum atomic E-state index is -0.187. The molecule has 0 N–H and O–H groups in total. The van der Waals surface area contributed by atoms with Crippen LogP contribution < -0.4 is 5.56 Å². The number of rotatable bonds is 3. The quantitative estimate of drug-likeness (QED) is 0.466. The molecule has 172 valence electrons. The summed E-state index contributed by atoms with van der Waals surface area (Å²) >= 11 is 0. The normalized spacial score (nSPS) is 18.0. The fourth-order valence-corrected chi connectivity index (χ4v) is 3.92. The zero-order valence-corrected chi connectivity index (χ0v) is 19.2. The maximum atomic E-state index is 13.3. The molecule has 0 unspecified atom stereocenters. The first kappa shape index (κ1) is 22.6. The molecule has 9 heteroatoms. The SMILES string of the molecule is CC.Cc1ccc(C2=C[C@@H]3C[C@@H]3C2)cc1F.Cn1cnc2ncn(Cc3ncno3)c(=O)c21. The first-order chi connectivity index (χ1) is 16.0. The molecule has 0 saturated heterocycles. The summed E-state index contributed by atoms with van der Waals surface area (Å²) in [6, 6.07) is 5.58. The second kappa shape index (κ2) is 9.48. The molecular weight excluding hydrogens is 423 g/mol. The van der Waals surface area contributed by atoms with Crippen LogP contribution >= 0.6 is 0 Å². The van der Waals surface area contributed by atoms with E-state index in [-0.39, 0.29) is 17.9 Å². The molecule has 1 saturated carbocycles. The molecule has 3 heterocycles. The molecule has 3 aromatic heterocycles. The van der Waals surface area contributed by atoms with Gasteiger partial charge in [0.1, 0.15) is 18.7 Å². The van der Waals surface area contributed by atoms with Crippen LogP contribution in [0.15, 0.2) is 52.6 Å². The number of nitrogens with zero attached hydrogens (tertiary/aromatic N) is 6. The second-order valence-corrected chi connectivity index (χ2v) is 8.06. The monoisotopic (exact) mass is 450 g/mol. The van der Waals surface area contributed by atoms with E-state index in [0.29, 0.717) is 17.1 Å². The van der Waals surface area contributed by atoms with Crippen molar-refractivity contribution < 1.29 is 8.91 Å². The van der Waals surface area contributed by atoms with Crippen LogP contribution in [0, 0.1) is 24.6 Å². The van der Waals surface area contributed by atoms with E-state index in [1.165, 1.54) is 29.2 Å². The molecule has 1 fully saturated rings. The molecule has 33 heavy (non-hydrogen) atoms. The fourth-order valence-electron chi connectivity index (χ4n) is 3.92. The summed E-state index contributed by atoms with van der Waals surface area (Å²) in [5, 5.41) is 3.48. The molecule has 8 nitrogen and oxygen atoms in total. The van der Waals surface area contributed by atoms with E-state index < -0.39 is 0 Å². The van der Waals surface area contributed by atoms with Gasteiger partial charge in [-0.3, -0.25) is 9.36 Å². The number of imidazole rings is 1. The Balaban J connectivity index is 0.000000148. The number of allylic oxidation sites excluding steroid dienone is 2. The summed E-state index contributed by atoms with van der Waals surface area (Å²) in [6.07, 6.45) is 9.11. The van der Waals surface area contributed by atoms with Gasteiger partial charge in [0.15, 0.2) is 17.5 Å². The van der Waals surface area contributed by atoms with Crippen LogP contribution in [0.4, 0.5) is 4.39 Å². The average molecular weight is 451 g/mol. The highest BCUT2D eigenvalue weighted by Crippen LogP contribution is 2.52. The van der Waals surface area contributed by atoms with Crippen LogP contribution in [0.1, 0.15) is 43.7 Å². The van der Waals surface area contributed by atoms with Gasteiger partial charge in [0.25, 0.3) is 5.56 Å². The number of hydrogen-bond donors (Lipinski definition) is 0. The van der Waals surface area contributed by atoms with Crippen molar-refractivity contribution in [2.75, 3.05) is 0 Å². The lowest BCUT2D eigenvalue weighted by atomic mass is 10.0. The zero-order chi connectivity index (χ0) is 23.5. The first-order valence-electron chi connectivity index (χ1n) is 11.1. The number of benzene rings is 1. The Morgan fingerprint density at radius 2 is 1.97 bits per heavy atom. The standard InChI is InChI=1S/C13H13F.C9H8N6O2.C2H6/c1-8-2-3-9(7-13(8)14)10-4-11-6-12(11)5-10;1-14-4-11-8-7(14)9(16)15(5-12-8)2-6-10-3-13-17-6;1-2/h2-4,7,11-12H,5-6H2,1H3;3-5H,2H2,1H3;1-2H3/t11-,12+;;/m1../s1. The Morgan fingerprint density at radius 1 is 1.18 bits per heavy atom. The van der Waals surface area contributed by atoms with E-state index in [2.05, 4.69) is 26.2 Å². The van der Waals surface area contributed by atoms with Gasteiger partial charge in [-0.1, -0.05) is 37.2 Å². The number of fused-ring (bicyclic) bond motifs is 2. The Morgan fingerprint density at radius 3 is 2.64 bits per heavy atom. The summed E-state index contributed by atoms with van der Waals surface area (Å²) in [6.45, 7) is 6.01. The van der Waals surface area contributed by atoms with Crippen molar-refractivity contribution >= 4 is 16.7 Å². The van der Waals surface area contributed by atoms with Gasteiger partial charge in [0.2, 0.25) is 5.89 Å². The molecule has 4 aromatic rings. The van der Waals surface area contributed by atoms with Crippen LogP contribution in [0.2, 0.25) is 0 Å². The van der Waals surface area contributed by atoms with Crippen molar-refractivity contribution in [1.29, 1.82) is 0 Å². The molecule has 2 aliphatic carbocycles. The van der Waals surface area contributed by atoms with Crippen molar-refractivity contribution in [3.8, 4) is 0 Å². The summed E-state index contributed by atoms with van der Waals surface area (Å²) < 4.78 is 21.2. The number of aromatic nitrogens is 6. The van der Waals surface area contributed by atoms with Crippen LogP contribution in [-0.4, -0.2) is 29.2 Å². The van der Waals surface area contributed by atoms with Crippen molar-refractivity contribution in [3.63, 3.8) is 0 Å². The molecule has 0 spiro atoms. The molecule has 6 rings (SSSR count). The lowest BCUT2D eigenvalue weighted by Crippen LogP contribution is -2.22. The predicted molar refractivity (Wildman–Crippen MR) is 123 cm³/mol. The van der Waals surface area contributed by atoms with Gasteiger partial charge in [-0.2, -0.15) is 4.98 Å². The number of halogens is 1. The largest absolute Gasteiger partial charge is 0.338 e. The van der Waals surface area contributed by atoms with Gasteiger partial charge in [-0.25, -0.2) is 14.4 Å². The molecular formula is C24H27FN6O2. The van der Waals surface area contributed by atoms with E-state index in [1.807, 2.05) is 26.0 Å². The van der Waals surface area contributed by atoms with Crippen LogP contribution in [-0.2, 0) is 13.6 Å². The highest BCUT2D eigenvalue weighted by Gasteiger charge is 2.40. The predicted octanol–water partition coefficient (Wildman–Crippen LogP) is 4.14. The Bertz CT molecular complexity index is 1340. The van der Waals surface area contributed by atoms with E-state index in [1.54, 1.807) is 30.9 Å². The first-order valence-corrected chi connectivity index (χ1v) is 11.1. The Hall–Kier alpha value is -3.62. The highest BCUT2D eigenvalue weighted by molar-refractivity contribution is 5.70. The maximum absolute atomic E-state index is 13.3. The van der Waals surface area contributed by atoms with Crippen LogP contribution in [0.5, 0.6) is 0 Å². The highest BCUT2D eigenvalue weighted by atomic mass is 19.1. The maximum Gasteiger partial charge on any atom is 0.280 e. The number of aryl methyl sites for hydroxylation is 2. The Labute approximate surface area is 190 Å². The molecule has 0 radical (unpaired) electrons. The van der Waals surface area contributed by atoms with Gasteiger partial charge in [0, 0.05) is 7.05 Å². The van der Waals surface area contributed by atoms with Crippen molar-refractivity contribution in [2.45, 2.75) is 40.2 Å². The van der Waals surface area contributed by atoms with Crippen LogP contribution in [0.25, 0.3) is 16.7 Å². The van der Waals surface area contributed by atoms with Crippen molar-refractivity contribution in [1.82, 2.24) is 29.2 Å². The second-order valence-electron chi connectivity index (χ2n) is 8.06. The smallest absolute Gasteiger partial charge is 0.280 e. The summed E-state index contributed by atoms with van der Waals surface area (Å²) in [5.41, 5.74) is 3.86. The van der Waals surface area contributed by atoms with E-state index in [4.69, 9.17) is 4.52 Å². The Kier molecular flexibility index (Phi) is 6.48. The summed E-state index contributed by atoms with van der Waals surface area (Å²) in [4.78, 5) is 24.1. The average Bonchev–Trinajstić information content (AvgIpc) is 3.21. The third kappa shape index (κ3) is 4.76. The van der Waals surface area contributed by atoms with E-state index >= 15 is 0 Å². The van der Waals surface area contributed by atoms with Gasteiger partial charge < -0.3 is 9.09 Å². The van der Waals surface area contributed by atoms with Crippen molar-refractivity contribution in [3.05, 3.63) is 76.4 Å². The van der Waals surface area contributed by atoms with Gasteiger partial charge in [-0.05, 0) is 54.4 Å². The third-order valence-electron chi connectivity index (χ3n) is 5.83. The molecule has 0 aliphatic heterocycles. The van der Waals surface area contributed by atoms with Crippen molar-refractivity contribution in [2.24, 2.45) is 18.9 Å². The lowest BCUT2D eigenvalue weighted by molar-refractivity contribution is 0.368. The lowest BCUT2D eigenvalue weighted by Gasteiger charge is -2.05. The molecule has 0 bridgehead atoms. The number of hydrogen-bond acceptors (Lipinski definition) is 6. The summed E-state index contributed by atoms with van der Waals surface area (Å²) in [7, 11) is 1.75. The molecule has 0 amide bonds. The van der Waals surface area contributed by atoms with Gasteiger partial charge in [-0.15, -0.1) is 0 Å². The van der Waals surface area contributed by atoms with E-state index in [9.17, 15) is 9.18 Å². The molecule has 1 aromatic carbocycles. The minimum Gasteiger partial charge on any atom is -0.338 e. The van der Waals surface area contributed by atoms with E-state index in [0.717, 1.165) is 29.4 Å². The molecule has 2 aliphatic rings.